The van der Waals surface area contributed by atoms with E-state index in [4.69, 9.17) is 0 Å². The van der Waals surface area contributed by atoms with E-state index < -0.39 is 5.82 Å². The first kappa shape index (κ1) is 16.0. The van der Waals surface area contributed by atoms with Crippen LogP contribution in [0.5, 0.6) is 0 Å². The van der Waals surface area contributed by atoms with Gasteiger partial charge in [-0.2, -0.15) is 0 Å². The predicted octanol–water partition coefficient (Wildman–Crippen LogP) is 2.69. The van der Waals surface area contributed by atoms with Crippen LogP contribution < -0.4 is 0 Å². The van der Waals surface area contributed by atoms with Crippen LogP contribution in [-0.2, 0) is 4.79 Å². The summed E-state index contributed by atoms with van der Waals surface area (Å²) < 4.78 is 13.7. The van der Waals surface area contributed by atoms with E-state index in [0.717, 1.165) is 25.9 Å². The van der Waals surface area contributed by atoms with Crippen LogP contribution in [0.3, 0.4) is 0 Å². The van der Waals surface area contributed by atoms with E-state index in [2.05, 4.69) is 0 Å². The molecule has 0 atom stereocenters. The van der Waals surface area contributed by atoms with Crippen molar-refractivity contribution in [2.24, 2.45) is 5.92 Å². The van der Waals surface area contributed by atoms with Gasteiger partial charge in [0.15, 0.2) is 0 Å². The highest BCUT2D eigenvalue weighted by atomic mass is 19.1. The molecule has 0 bridgehead atoms. The lowest BCUT2D eigenvalue weighted by atomic mass is 9.94. The Bertz CT molecular complexity index is 576. The van der Waals surface area contributed by atoms with E-state index in [1.54, 1.807) is 17.0 Å². The van der Waals surface area contributed by atoms with Crippen molar-refractivity contribution in [2.45, 2.75) is 32.1 Å². The minimum Gasteiger partial charge on any atom is -0.342 e. The van der Waals surface area contributed by atoms with Crippen LogP contribution in [0.25, 0.3) is 0 Å². The second kappa shape index (κ2) is 7.11. The molecule has 0 spiro atoms. The normalized spacial score (nSPS) is 19.7. The summed E-state index contributed by atoms with van der Waals surface area (Å²) in [5.41, 5.74) is 0.119. The molecular weight excluding hydrogens is 295 g/mol. The maximum absolute atomic E-state index is 13.7. The third kappa shape index (κ3) is 3.54. The topological polar surface area (TPSA) is 40.6 Å². The number of carbonyl (C=O) groups excluding carboxylic acids is 2. The molecular formula is C18H23FN2O2. The van der Waals surface area contributed by atoms with Crippen molar-refractivity contribution in [1.82, 2.24) is 9.80 Å². The van der Waals surface area contributed by atoms with Crippen molar-refractivity contribution < 1.29 is 14.0 Å². The minimum atomic E-state index is -0.482. The first-order valence-corrected chi connectivity index (χ1v) is 8.49. The number of amides is 2. The maximum Gasteiger partial charge on any atom is 0.256 e. The lowest BCUT2D eigenvalue weighted by Gasteiger charge is -2.35. The van der Waals surface area contributed by atoms with E-state index in [9.17, 15) is 14.0 Å². The van der Waals surface area contributed by atoms with Gasteiger partial charge >= 0.3 is 0 Å². The van der Waals surface area contributed by atoms with Gasteiger partial charge < -0.3 is 9.80 Å². The Morgan fingerprint density at radius 1 is 0.913 bits per heavy atom. The summed E-state index contributed by atoms with van der Waals surface area (Å²) >= 11 is 0. The Hall–Kier alpha value is -1.91. The summed E-state index contributed by atoms with van der Waals surface area (Å²) in [6.45, 7) is 2.79. The highest BCUT2D eigenvalue weighted by Gasteiger charge is 2.31. The Morgan fingerprint density at radius 2 is 1.57 bits per heavy atom. The zero-order valence-electron chi connectivity index (χ0n) is 13.3. The quantitative estimate of drug-likeness (QED) is 0.841. The lowest BCUT2D eigenvalue weighted by molar-refractivity contribution is -0.137. The molecule has 0 aliphatic carbocycles. The zero-order valence-corrected chi connectivity index (χ0v) is 13.3. The van der Waals surface area contributed by atoms with Crippen molar-refractivity contribution >= 4 is 11.8 Å². The first-order chi connectivity index (χ1) is 11.2. The molecule has 2 heterocycles. The number of hydrogen-bond acceptors (Lipinski definition) is 2. The molecule has 2 fully saturated rings. The smallest absolute Gasteiger partial charge is 0.256 e. The summed E-state index contributed by atoms with van der Waals surface area (Å²) in [7, 11) is 0. The summed E-state index contributed by atoms with van der Waals surface area (Å²) in [6.07, 6.45) is 4.75. The van der Waals surface area contributed by atoms with Gasteiger partial charge in [-0.1, -0.05) is 12.1 Å². The summed E-state index contributed by atoms with van der Waals surface area (Å²) in [4.78, 5) is 28.5. The third-order valence-electron chi connectivity index (χ3n) is 4.90. The second-order valence-corrected chi connectivity index (χ2v) is 6.43. The number of halogens is 1. The molecule has 2 aliphatic rings. The Morgan fingerprint density at radius 3 is 2.22 bits per heavy atom. The van der Waals surface area contributed by atoms with Crippen LogP contribution in [0, 0.1) is 11.7 Å². The van der Waals surface area contributed by atoms with Gasteiger partial charge in [0, 0.05) is 32.1 Å². The number of hydrogen-bond donors (Lipinski definition) is 0. The highest BCUT2D eigenvalue weighted by Crippen LogP contribution is 2.23. The van der Waals surface area contributed by atoms with Crippen molar-refractivity contribution in [2.75, 3.05) is 26.2 Å². The minimum absolute atomic E-state index is 0.0118. The van der Waals surface area contributed by atoms with Gasteiger partial charge in [0.1, 0.15) is 5.82 Å². The molecule has 0 unspecified atom stereocenters. The Balaban J connectivity index is 1.57. The lowest BCUT2D eigenvalue weighted by Crippen LogP contribution is -2.45. The van der Waals surface area contributed by atoms with Gasteiger partial charge in [-0.25, -0.2) is 4.39 Å². The number of carbonyl (C=O) groups is 2. The van der Waals surface area contributed by atoms with Gasteiger partial charge in [-0.15, -0.1) is 0 Å². The zero-order chi connectivity index (χ0) is 16.2. The van der Waals surface area contributed by atoms with Crippen LogP contribution in [-0.4, -0.2) is 47.8 Å². The first-order valence-electron chi connectivity index (χ1n) is 8.49. The Labute approximate surface area is 136 Å². The Kier molecular flexibility index (Phi) is 4.94. The molecule has 2 amide bonds. The maximum atomic E-state index is 13.7. The largest absolute Gasteiger partial charge is 0.342 e. The molecule has 124 valence electrons. The summed E-state index contributed by atoms with van der Waals surface area (Å²) in [5.74, 6) is -0.503. The molecule has 5 heteroatoms. The fourth-order valence-corrected chi connectivity index (χ4v) is 3.51. The average molecular weight is 318 g/mol. The highest BCUT2D eigenvalue weighted by molar-refractivity contribution is 5.94. The van der Waals surface area contributed by atoms with E-state index in [-0.39, 0.29) is 23.3 Å². The number of benzene rings is 1. The number of rotatable bonds is 2. The third-order valence-corrected chi connectivity index (χ3v) is 4.90. The standard InChI is InChI=1S/C18H23FN2O2/c19-16-7-3-2-6-15(16)18(23)21-12-8-14(9-13-21)17(22)20-10-4-1-5-11-20/h2-3,6-7,14H,1,4-5,8-13H2. The van der Waals surface area contributed by atoms with Gasteiger partial charge in [-0.05, 0) is 44.2 Å². The molecule has 0 saturated carbocycles. The van der Waals surface area contributed by atoms with Crippen molar-refractivity contribution in [3.05, 3.63) is 35.6 Å². The SMILES string of the molecule is O=C(c1ccccc1F)N1CCC(C(=O)N2CCCCC2)CC1. The fourth-order valence-electron chi connectivity index (χ4n) is 3.51. The summed E-state index contributed by atoms with van der Waals surface area (Å²) in [5, 5.41) is 0. The molecule has 1 aromatic rings. The molecule has 23 heavy (non-hydrogen) atoms. The molecule has 0 radical (unpaired) electrons. The van der Waals surface area contributed by atoms with Gasteiger partial charge in [0.05, 0.1) is 5.56 Å². The molecule has 3 rings (SSSR count). The summed E-state index contributed by atoms with van der Waals surface area (Å²) in [6, 6.07) is 6.07. The predicted molar refractivity (Wildman–Crippen MR) is 85.5 cm³/mol. The van der Waals surface area contributed by atoms with Crippen molar-refractivity contribution in [3.63, 3.8) is 0 Å². The molecule has 2 saturated heterocycles. The van der Waals surface area contributed by atoms with Crippen LogP contribution in [0.4, 0.5) is 4.39 Å². The van der Waals surface area contributed by atoms with Crippen LogP contribution in [0.2, 0.25) is 0 Å². The van der Waals surface area contributed by atoms with E-state index in [0.29, 0.717) is 25.9 Å². The molecule has 2 aliphatic heterocycles. The second-order valence-electron chi connectivity index (χ2n) is 6.43. The molecule has 0 aromatic heterocycles. The van der Waals surface area contributed by atoms with E-state index in [1.807, 2.05) is 4.90 Å². The number of likely N-dealkylation sites (tertiary alicyclic amines) is 2. The fraction of sp³-hybridized carbons (Fsp3) is 0.556. The molecule has 1 aromatic carbocycles. The number of nitrogens with zero attached hydrogens (tertiary/aromatic N) is 2. The monoisotopic (exact) mass is 318 g/mol. The van der Waals surface area contributed by atoms with Gasteiger partial charge in [-0.3, -0.25) is 9.59 Å². The van der Waals surface area contributed by atoms with Gasteiger partial charge in [0.2, 0.25) is 5.91 Å². The van der Waals surface area contributed by atoms with E-state index >= 15 is 0 Å². The molecule has 4 nitrogen and oxygen atoms in total. The number of piperidine rings is 2. The van der Waals surface area contributed by atoms with Crippen LogP contribution >= 0.6 is 0 Å². The van der Waals surface area contributed by atoms with Crippen LogP contribution in [0.1, 0.15) is 42.5 Å². The molecule has 0 N–H and O–H groups in total. The van der Waals surface area contributed by atoms with Crippen molar-refractivity contribution in [1.29, 1.82) is 0 Å². The van der Waals surface area contributed by atoms with E-state index in [1.165, 1.54) is 18.6 Å². The average Bonchev–Trinajstić information content (AvgIpc) is 2.62. The van der Waals surface area contributed by atoms with Crippen molar-refractivity contribution in [3.8, 4) is 0 Å². The van der Waals surface area contributed by atoms with Crippen LogP contribution in [0.15, 0.2) is 24.3 Å². The van der Waals surface area contributed by atoms with Gasteiger partial charge in [0.25, 0.3) is 5.91 Å².